The van der Waals surface area contributed by atoms with Gasteiger partial charge < -0.3 is 10.4 Å². The second-order valence-corrected chi connectivity index (χ2v) is 4.79. The first-order valence-electron chi connectivity index (χ1n) is 6.83. The molecular formula is C17H19NO2. The van der Waals surface area contributed by atoms with Crippen molar-refractivity contribution in [3.63, 3.8) is 0 Å². The van der Waals surface area contributed by atoms with Gasteiger partial charge in [-0.1, -0.05) is 49.4 Å². The van der Waals surface area contributed by atoms with Gasteiger partial charge in [0.2, 0.25) is 0 Å². The van der Waals surface area contributed by atoms with E-state index in [-0.39, 0.29) is 6.04 Å². The maximum atomic E-state index is 11.2. The number of rotatable bonds is 6. The minimum Gasteiger partial charge on any atom is -0.478 e. The van der Waals surface area contributed by atoms with Crippen molar-refractivity contribution in [2.45, 2.75) is 25.8 Å². The summed E-state index contributed by atoms with van der Waals surface area (Å²) in [6, 6.07) is 17.5. The highest BCUT2D eigenvalue weighted by Crippen LogP contribution is 2.18. The van der Waals surface area contributed by atoms with Gasteiger partial charge in [0, 0.05) is 11.7 Å². The van der Waals surface area contributed by atoms with Crippen molar-refractivity contribution in [2.75, 3.05) is 5.32 Å². The van der Waals surface area contributed by atoms with E-state index in [1.54, 1.807) is 12.1 Å². The molecule has 0 bridgehead atoms. The number of anilines is 1. The lowest BCUT2D eigenvalue weighted by molar-refractivity contribution is 0.0698. The van der Waals surface area contributed by atoms with Gasteiger partial charge in [-0.2, -0.15) is 0 Å². The SMILES string of the molecule is CCC(Cc1ccccc1)Nc1ccccc1C(=O)O. The average molecular weight is 269 g/mol. The molecule has 0 aliphatic rings. The van der Waals surface area contributed by atoms with Gasteiger partial charge in [0.1, 0.15) is 0 Å². The summed E-state index contributed by atoms with van der Waals surface area (Å²) in [7, 11) is 0. The number of carboxylic acid groups (broad SMARTS) is 1. The van der Waals surface area contributed by atoms with Crippen LogP contribution in [0, 0.1) is 0 Å². The van der Waals surface area contributed by atoms with Crippen LogP contribution < -0.4 is 5.32 Å². The Balaban J connectivity index is 2.13. The van der Waals surface area contributed by atoms with E-state index in [4.69, 9.17) is 0 Å². The molecule has 0 fully saturated rings. The van der Waals surface area contributed by atoms with Crippen LogP contribution in [-0.2, 0) is 6.42 Å². The minimum atomic E-state index is -0.900. The lowest BCUT2D eigenvalue weighted by Gasteiger charge is -2.19. The molecule has 0 amide bonds. The molecule has 0 saturated heterocycles. The molecule has 2 aromatic carbocycles. The molecule has 0 aliphatic heterocycles. The second kappa shape index (κ2) is 6.75. The van der Waals surface area contributed by atoms with Crippen LogP contribution in [0.25, 0.3) is 0 Å². The largest absolute Gasteiger partial charge is 0.478 e. The molecule has 3 nitrogen and oxygen atoms in total. The van der Waals surface area contributed by atoms with Crippen molar-refractivity contribution in [3.8, 4) is 0 Å². The molecule has 0 spiro atoms. The van der Waals surface area contributed by atoms with E-state index in [1.807, 2.05) is 30.3 Å². The summed E-state index contributed by atoms with van der Waals surface area (Å²) in [5.74, 6) is -0.900. The van der Waals surface area contributed by atoms with Crippen LogP contribution in [0.4, 0.5) is 5.69 Å². The molecule has 2 aromatic rings. The van der Waals surface area contributed by atoms with E-state index in [0.29, 0.717) is 11.3 Å². The summed E-state index contributed by atoms with van der Waals surface area (Å²) in [4.78, 5) is 11.2. The number of hydrogen-bond donors (Lipinski definition) is 2. The highest BCUT2D eigenvalue weighted by molar-refractivity contribution is 5.94. The molecule has 0 radical (unpaired) electrons. The van der Waals surface area contributed by atoms with Crippen molar-refractivity contribution in [1.82, 2.24) is 0 Å². The summed E-state index contributed by atoms with van der Waals surface area (Å²) in [5.41, 5.74) is 2.25. The van der Waals surface area contributed by atoms with E-state index < -0.39 is 5.97 Å². The normalized spacial score (nSPS) is 11.8. The van der Waals surface area contributed by atoms with Crippen LogP contribution >= 0.6 is 0 Å². The fourth-order valence-corrected chi connectivity index (χ4v) is 2.21. The van der Waals surface area contributed by atoms with Gasteiger partial charge in [-0.3, -0.25) is 0 Å². The smallest absolute Gasteiger partial charge is 0.337 e. The minimum absolute atomic E-state index is 0.220. The van der Waals surface area contributed by atoms with Gasteiger partial charge in [-0.15, -0.1) is 0 Å². The first-order chi connectivity index (χ1) is 9.70. The molecule has 1 atom stereocenters. The van der Waals surface area contributed by atoms with E-state index in [2.05, 4.69) is 24.4 Å². The summed E-state index contributed by atoms with van der Waals surface area (Å²) >= 11 is 0. The Bertz CT molecular complexity index is 566. The third kappa shape index (κ3) is 3.60. The first kappa shape index (κ1) is 14.1. The molecule has 0 aromatic heterocycles. The second-order valence-electron chi connectivity index (χ2n) is 4.79. The zero-order valence-electron chi connectivity index (χ0n) is 11.5. The Morgan fingerprint density at radius 3 is 2.40 bits per heavy atom. The first-order valence-corrected chi connectivity index (χ1v) is 6.83. The summed E-state index contributed by atoms with van der Waals surface area (Å²) in [5, 5.41) is 12.5. The quantitative estimate of drug-likeness (QED) is 0.838. The zero-order chi connectivity index (χ0) is 14.4. The van der Waals surface area contributed by atoms with Crippen LogP contribution in [0.1, 0.15) is 29.3 Å². The van der Waals surface area contributed by atoms with Crippen molar-refractivity contribution >= 4 is 11.7 Å². The lowest BCUT2D eigenvalue weighted by Crippen LogP contribution is -2.22. The predicted molar refractivity (Wildman–Crippen MR) is 81.2 cm³/mol. The van der Waals surface area contributed by atoms with Gasteiger partial charge >= 0.3 is 5.97 Å². The number of carbonyl (C=O) groups is 1. The molecule has 104 valence electrons. The number of aromatic carboxylic acids is 1. The van der Waals surface area contributed by atoms with E-state index in [1.165, 1.54) is 5.56 Å². The summed E-state index contributed by atoms with van der Waals surface area (Å²) in [6.07, 6.45) is 1.81. The van der Waals surface area contributed by atoms with E-state index in [9.17, 15) is 9.90 Å². The predicted octanol–water partition coefficient (Wildman–Crippen LogP) is 3.82. The van der Waals surface area contributed by atoms with Crippen LogP contribution in [0.15, 0.2) is 54.6 Å². The van der Waals surface area contributed by atoms with E-state index >= 15 is 0 Å². The number of para-hydroxylation sites is 1. The Labute approximate surface area is 119 Å². The van der Waals surface area contributed by atoms with Crippen molar-refractivity contribution in [1.29, 1.82) is 0 Å². The monoisotopic (exact) mass is 269 g/mol. The Morgan fingerprint density at radius 1 is 1.10 bits per heavy atom. The molecule has 0 saturated carbocycles. The van der Waals surface area contributed by atoms with Crippen LogP contribution in [-0.4, -0.2) is 17.1 Å². The number of benzene rings is 2. The van der Waals surface area contributed by atoms with E-state index in [0.717, 1.165) is 12.8 Å². The average Bonchev–Trinajstić information content (AvgIpc) is 2.48. The Morgan fingerprint density at radius 2 is 1.75 bits per heavy atom. The molecule has 20 heavy (non-hydrogen) atoms. The van der Waals surface area contributed by atoms with Gasteiger partial charge in [0.15, 0.2) is 0 Å². The van der Waals surface area contributed by atoms with Gasteiger partial charge in [0.05, 0.1) is 5.56 Å². The summed E-state index contributed by atoms with van der Waals surface area (Å²) in [6.45, 7) is 2.10. The summed E-state index contributed by atoms with van der Waals surface area (Å²) < 4.78 is 0. The molecule has 0 heterocycles. The highest BCUT2D eigenvalue weighted by atomic mass is 16.4. The Kier molecular flexibility index (Phi) is 4.77. The maximum absolute atomic E-state index is 11.2. The molecule has 3 heteroatoms. The van der Waals surface area contributed by atoms with Crippen molar-refractivity contribution in [3.05, 3.63) is 65.7 Å². The maximum Gasteiger partial charge on any atom is 0.337 e. The fourth-order valence-electron chi connectivity index (χ4n) is 2.21. The van der Waals surface area contributed by atoms with Crippen LogP contribution in [0.2, 0.25) is 0 Å². The van der Waals surface area contributed by atoms with Crippen LogP contribution in [0.5, 0.6) is 0 Å². The number of hydrogen-bond acceptors (Lipinski definition) is 2. The highest BCUT2D eigenvalue weighted by Gasteiger charge is 2.13. The zero-order valence-corrected chi connectivity index (χ0v) is 11.5. The van der Waals surface area contributed by atoms with Crippen molar-refractivity contribution < 1.29 is 9.90 Å². The van der Waals surface area contributed by atoms with Gasteiger partial charge in [-0.05, 0) is 30.5 Å². The van der Waals surface area contributed by atoms with Gasteiger partial charge in [-0.25, -0.2) is 4.79 Å². The van der Waals surface area contributed by atoms with Gasteiger partial charge in [0.25, 0.3) is 0 Å². The fraction of sp³-hybridized carbons (Fsp3) is 0.235. The topological polar surface area (TPSA) is 49.3 Å². The number of nitrogens with one attached hydrogen (secondary N) is 1. The molecule has 1 unspecified atom stereocenters. The molecule has 2 N–H and O–H groups in total. The third-order valence-electron chi connectivity index (χ3n) is 3.33. The van der Waals surface area contributed by atoms with Crippen molar-refractivity contribution in [2.24, 2.45) is 0 Å². The van der Waals surface area contributed by atoms with Crippen LogP contribution in [0.3, 0.4) is 0 Å². The molecular weight excluding hydrogens is 250 g/mol. The standard InChI is InChI=1S/C17H19NO2/c1-2-14(12-13-8-4-3-5-9-13)18-16-11-7-6-10-15(16)17(19)20/h3-11,14,18H,2,12H2,1H3,(H,19,20). The molecule has 0 aliphatic carbocycles. The number of carboxylic acids is 1. The lowest BCUT2D eigenvalue weighted by atomic mass is 10.0. The molecule has 2 rings (SSSR count). The third-order valence-corrected chi connectivity index (χ3v) is 3.33. The Hall–Kier alpha value is -2.29.